The summed E-state index contributed by atoms with van der Waals surface area (Å²) in [6, 6.07) is 12.6. The van der Waals surface area contributed by atoms with E-state index < -0.39 is 0 Å². The maximum Gasteiger partial charge on any atom is 0.239 e. The van der Waals surface area contributed by atoms with Gasteiger partial charge in [-0.05, 0) is 30.3 Å². The summed E-state index contributed by atoms with van der Waals surface area (Å²) in [6.45, 7) is 0.856. The van der Waals surface area contributed by atoms with Crippen molar-refractivity contribution in [1.29, 1.82) is 0 Å². The van der Waals surface area contributed by atoms with Crippen molar-refractivity contribution in [2.24, 2.45) is 0 Å². The van der Waals surface area contributed by atoms with Gasteiger partial charge in [-0.1, -0.05) is 23.7 Å². The molecule has 25 heavy (non-hydrogen) atoms. The van der Waals surface area contributed by atoms with E-state index in [0.717, 1.165) is 5.75 Å². The van der Waals surface area contributed by atoms with Gasteiger partial charge in [0.15, 0.2) is 11.5 Å². The molecule has 0 unspecified atom stereocenters. The summed E-state index contributed by atoms with van der Waals surface area (Å²) in [6.07, 6.45) is -0.223. The van der Waals surface area contributed by atoms with E-state index in [1.165, 1.54) is 0 Å². The van der Waals surface area contributed by atoms with Crippen LogP contribution in [-0.4, -0.2) is 38.8 Å². The maximum absolute atomic E-state index is 12.0. The molecule has 1 aliphatic rings. The first kappa shape index (κ1) is 17.2. The van der Waals surface area contributed by atoms with E-state index in [0.29, 0.717) is 35.4 Å². The minimum absolute atomic E-state index is 0.0981. The molecule has 3 rings (SSSR count). The standard InChI is InChI=1S/C18H19ClN2O4/c1-23-15-7-6-12(19)8-14(15)20-10-18(22)21-9-13-11-24-16-4-2-3-5-17(16)25-13/h2-8,13,20H,9-11H2,1H3,(H,21,22)/t13-/m0/s1. The zero-order valence-corrected chi connectivity index (χ0v) is 14.5. The fourth-order valence-corrected chi connectivity index (χ4v) is 2.62. The van der Waals surface area contributed by atoms with Crippen LogP contribution in [0.25, 0.3) is 0 Å². The van der Waals surface area contributed by atoms with Gasteiger partial charge in [-0.2, -0.15) is 0 Å². The Labute approximate surface area is 151 Å². The average molecular weight is 363 g/mol. The highest BCUT2D eigenvalue weighted by molar-refractivity contribution is 6.30. The number of para-hydroxylation sites is 2. The molecule has 2 aromatic rings. The van der Waals surface area contributed by atoms with Crippen molar-refractivity contribution in [2.75, 3.05) is 32.1 Å². The monoisotopic (exact) mass is 362 g/mol. The molecule has 0 aromatic heterocycles. The van der Waals surface area contributed by atoms with Crippen LogP contribution in [0.15, 0.2) is 42.5 Å². The lowest BCUT2D eigenvalue weighted by molar-refractivity contribution is -0.119. The number of fused-ring (bicyclic) bond motifs is 1. The van der Waals surface area contributed by atoms with Gasteiger partial charge in [-0.15, -0.1) is 0 Å². The van der Waals surface area contributed by atoms with Crippen LogP contribution in [0.4, 0.5) is 5.69 Å². The van der Waals surface area contributed by atoms with Crippen LogP contribution < -0.4 is 24.8 Å². The van der Waals surface area contributed by atoms with Crippen molar-refractivity contribution in [2.45, 2.75) is 6.10 Å². The SMILES string of the molecule is COc1ccc(Cl)cc1NCC(=O)NC[C@H]1COc2ccccc2O1. The largest absolute Gasteiger partial charge is 0.495 e. The third-order valence-electron chi connectivity index (χ3n) is 3.70. The van der Waals surface area contributed by atoms with E-state index in [2.05, 4.69) is 10.6 Å². The number of halogens is 1. The predicted molar refractivity (Wildman–Crippen MR) is 95.9 cm³/mol. The van der Waals surface area contributed by atoms with Crippen LogP contribution in [0.1, 0.15) is 0 Å². The average Bonchev–Trinajstić information content (AvgIpc) is 2.64. The van der Waals surface area contributed by atoms with Crippen LogP contribution in [0.3, 0.4) is 0 Å². The highest BCUT2D eigenvalue weighted by Gasteiger charge is 2.21. The zero-order valence-electron chi connectivity index (χ0n) is 13.8. The van der Waals surface area contributed by atoms with Crippen molar-refractivity contribution >= 4 is 23.2 Å². The molecule has 6 nitrogen and oxygen atoms in total. The molecule has 0 fully saturated rings. The Morgan fingerprint density at radius 1 is 1.28 bits per heavy atom. The fourth-order valence-electron chi connectivity index (χ4n) is 2.45. The second-order valence-corrected chi connectivity index (χ2v) is 5.94. The zero-order chi connectivity index (χ0) is 17.6. The van der Waals surface area contributed by atoms with E-state index in [-0.39, 0.29) is 18.6 Å². The molecule has 7 heteroatoms. The molecule has 1 amide bonds. The molecule has 0 spiro atoms. The summed E-state index contributed by atoms with van der Waals surface area (Å²) in [4.78, 5) is 12.0. The first-order valence-corrected chi connectivity index (χ1v) is 8.26. The molecule has 0 saturated carbocycles. The van der Waals surface area contributed by atoms with E-state index in [1.807, 2.05) is 24.3 Å². The van der Waals surface area contributed by atoms with E-state index in [9.17, 15) is 4.79 Å². The van der Waals surface area contributed by atoms with E-state index >= 15 is 0 Å². The third-order valence-corrected chi connectivity index (χ3v) is 3.93. The summed E-state index contributed by atoms with van der Waals surface area (Å²) in [5.41, 5.74) is 0.663. The fraction of sp³-hybridized carbons (Fsp3) is 0.278. The smallest absolute Gasteiger partial charge is 0.239 e. The molecule has 0 saturated heterocycles. The first-order chi connectivity index (χ1) is 12.2. The highest BCUT2D eigenvalue weighted by atomic mass is 35.5. The van der Waals surface area contributed by atoms with E-state index in [4.69, 9.17) is 25.8 Å². The van der Waals surface area contributed by atoms with Crippen molar-refractivity contribution < 1.29 is 19.0 Å². The number of methoxy groups -OCH3 is 1. The first-order valence-electron chi connectivity index (χ1n) is 7.88. The molecule has 0 bridgehead atoms. The third kappa shape index (κ3) is 4.48. The molecule has 2 N–H and O–H groups in total. The summed E-state index contributed by atoms with van der Waals surface area (Å²) in [7, 11) is 1.56. The number of hydrogen-bond donors (Lipinski definition) is 2. The quantitative estimate of drug-likeness (QED) is 0.827. The minimum atomic E-state index is -0.223. The van der Waals surface area contributed by atoms with Gasteiger partial charge in [0, 0.05) is 5.02 Å². The van der Waals surface area contributed by atoms with Gasteiger partial charge < -0.3 is 24.8 Å². The maximum atomic E-state index is 12.0. The van der Waals surface area contributed by atoms with Gasteiger partial charge in [0.1, 0.15) is 18.5 Å². The van der Waals surface area contributed by atoms with Gasteiger partial charge >= 0.3 is 0 Å². The van der Waals surface area contributed by atoms with Gasteiger partial charge in [-0.25, -0.2) is 0 Å². The Bertz CT molecular complexity index is 754. The summed E-state index contributed by atoms with van der Waals surface area (Å²) < 4.78 is 16.6. The lowest BCUT2D eigenvalue weighted by Gasteiger charge is -2.26. The molecular formula is C18H19ClN2O4. The van der Waals surface area contributed by atoms with Crippen LogP contribution in [0.5, 0.6) is 17.2 Å². The van der Waals surface area contributed by atoms with Crippen LogP contribution >= 0.6 is 11.6 Å². The number of nitrogens with one attached hydrogen (secondary N) is 2. The molecular weight excluding hydrogens is 344 g/mol. The number of rotatable bonds is 6. The number of hydrogen-bond acceptors (Lipinski definition) is 5. The Kier molecular flexibility index (Phi) is 5.50. The summed E-state index contributed by atoms with van der Waals surface area (Å²) >= 11 is 5.97. The van der Waals surface area contributed by atoms with Crippen LogP contribution in [0.2, 0.25) is 5.02 Å². The molecule has 1 aliphatic heterocycles. The van der Waals surface area contributed by atoms with Crippen molar-refractivity contribution in [1.82, 2.24) is 5.32 Å². The highest BCUT2D eigenvalue weighted by Crippen LogP contribution is 2.30. The Morgan fingerprint density at radius 3 is 2.88 bits per heavy atom. The number of carbonyl (C=O) groups is 1. The number of anilines is 1. The van der Waals surface area contributed by atoms with Crippen molar-refractivity contribution in [3.8, 4) is 17.2 Å². The normalized spacial score (nSPS) is 15.4. The van der Waals surface area contributed by atoms with Crippen molar-refractivity contribution in [3.63, 3.8) is 0 Å². The molecule has 2 aromatic carbocycles. The summed E-state index contributed by atoms with van der Waals surface area (Å²) in [5.74, 6) is 1.87. The predicted octanol–water partition coefficient (Wildman–Crippen LogP) is 2.72. The van der Waals surface area contributed by atoms with Gasteiger partial charge in [0.05, 0.1) is 25.9 Å². The van der Waals surface area contributed by atoms with Crippen LogP contribution in [0, 0.1) is 0 Å². The molecule has 1 heterocycles. The molecule has 132 valence electrons. The number of benzene rings is 2. The molecule has 1 atom stereocenters. The van der Waals surface area contributed by atoms with Crippen molar-refractivity contribution in [3.05, 3.63) is 47.5 Å². The Hall–Kier alpha value is -2.60. The van der Waals surface area contributed by atoms with E-state index in [1.54, 1.807) is 25.3 Å². The minimum Gasteiger partial charge on any atom is -0.495 e. The Morgan fingerprint density at radius 2 is 2.08 bits per heavy atom. The van der Waals surface area contributed by atoms with Crippen LogP contribution in [-0.2, 0) is 4.79 Å². The van der Waals surface area contributed by atoms with Gasteiger partial charge in [-0.3, -0.25) is 4.79 Å². The number of carbonyl (C=O) groups excluding carboxylic acids is 1. The lowest BCUT2D eigenvalue weighted by atomic mass is 10.2. The Balaban J connectivity index is 1.47. The molecule has 0 aliphatic carbocycles. The number of ether oxygens (including phenoxy) is 3. The topological polar surface area (TPSA) is 68.8 Å². The second-order valence-electron chi connectivity index (χ2n) is 5.50. The lowest BCUT2D eigenvalue weighted by Crippen LogP contribution is -2.42. The summed E-state index contributed by atoms with van der Waals surface area (Å²) in [5, 5.41) is 6.40. The van der Waals surface area contributed by atoms with Gasteiger partial charge in [0.25, 0.3) is 0 Å². The second kappa shape index (κ2) is 7.98. The number of amides is 1. The molecule has 0 radical (unpaired) electrons. The van der Waals surface area contributed by atoms with Gasteiger partial charge in [0.2, 0.25) is 5.91 Å².